The Labute approximate surface area is 53.9 Å². The second-order valence-electron chi connectivity index (χ2n) is 2.40. The van der Waals surface area contributed by atoms with Gasteiger partial charge in [-0.2, -0.15) is 0 Å². The molecule has 2 bridgehead atoms. The van der Waals surface area contributed by atoms with Crippen LogP contribution in [0.5, 0.6) is 0 Å². The summed E-state index contributed by atoms with van der Waals surface area (Å²) < 4.78 is 15.9. The van der Waals surface area contributed by atoms with Crippen LogP contribution >= 0.6 is 0 Å². The van der Waals surface area contributed by atoms with Gasteiger partial charge in [0.1, 0.15) is 6.10 Å². The second kappa shape index (κ2) is 1.68. The fourth-order valence-corrected chi connectivity index (χ4v) is 1.21. The zero-order chi connectivity index (χ0) is 6.32. The molecule has 3 heteroatoms. The predicted molar refractivity (Wildman–Crippen MR) is 29.8 cm³/mol. The van der Waals surface area contributed by atoms with E-state index in [0.29, 0.717) is 13.2 Å². The first-order valence-corrected chi connectivity index (χ1v) is 3.30. The van der Waals surface area contributed by atoms with Crippen LogP contribution in [0, 0.1) is 0 Å². The van der Waals surface area contributed by atoms with Gasteiger partial charge in [-0.05, 0) is 0 Å². The van der Waals surface area contributed by atoms with Crippen molar-refractivity contribution < 1.29 is 14.2 Å². The molecule has 0 unspecified atom stereocenters. The second-order valence-corrected chi connectivity index (χ2v) is 2.40. The van der Waals surface area contributed by atoms with E-state index in [-0.39, 0.29) is 6.10 Å². The van der Waals surface area contributed by atoms with Crippen LogP contribution in [0.1, 0.15) is 13.3 Å². The van der Waals surface area contributed by atoms with Crippen molar-refractivity contribution in [2.24, 2.45) is 0 Å². The Morgan fingerprint density at radius 2 is 2.11 bits per heavy atom. The molecule has 0 aromatic rings. The fraction of sp³-hybridized carbons (Fsp3) is 1.00. The Bertz CT molecular complexity index is 115. The lowest BCUT2D eigenvalue weighted by molar-refractivity contribution is -0.298. The molecule has 2 aliphatic heterocycles. The number of ether oxygens (including phenoxy) is 3. The lowest BCUT2D eigenvalue weighted by Crippen LogP contribution is -2.30. The van der Waals surface area contributed by atoms with Crippen LogP contribution in [-0.4, -0.2) is 25.3 Å². The molecular formula is C6H10O3. The molecule has 0 N–H and O–H groups in total. The molecule has 0 amide bonds. The lowest BCUT2D eigenvalue weighted by Gasteiger charge is -2.20. The number of hydrogen-bond donors (Lipinski definition) is 0. The average Bonchev–Trinajstić information content (AvgIpc) is 2.46. The molecule has 0 saturated carbocycles. The molecule has 2 aliphatic rings. The topological polar surface area (TPSA) is 27.7 Å². The van der Waals surface area contributed by atoms with Gasteiger partial charge in [0, 0.05) is 6.42 Å². The van der Waals surface area contributed by atoms with Crippen LogP contribution in [0.25, 0.3) is 0 Å². The smallest absolute Gasteiger partial charge is 0.283 e. The van der Waals surface area contributed by atoms with Crippen LogP contribution < -0.4 is 0 Å². The average molecular weight is 130 g/mol. The van der Waals surface area contributed by atoms with Gasteiger partial charge in [0.15, 0.2) is 0 Å². The van der Waals surface area contributed by atoms with Gasteiger partial charge < -0.3 is 14.2 Å². The van der Waals surface area contributed by atoms with Crippen molar-refractivity contribution in [3.05, 3.63) is 0 Å². The van der Waals surface area contributed by atoms with E-state index >= 15 is 0 Å². The van der Waals surface area contributed by atoms with Gasteiger partial charge in [-0.25, -0.2) is 0 Å². The molecule has 0 spiro atoms. The third kappa shape index (κ3) is 0.689. The van der Waals surface area contributed by atoms with E-state index in [9.17, 15) is 0 Å². The van der Waals surface area contributed by atoms with E-state index < -0.39 is 5.97 Å². The minimum absolute atomic E-state index is 0.199. The summed E-state index contributed by atoms with van der Waals surface area (Å²) in [5, 5.41) is 0. The van der Waals surface area contributed by atoms with Crippen LogP contribution in [0.15, 0.2) is 0 Å². The van der Waals surface area contributed by atoms with E-state index in [0.717, 1.165) is 6.42 Å². The number of hydrogen-bond acceptors (Lipinski definition) is 3. The molecule has 2 fully saturated rings. The molecule has 9 heavy (non-hydrogen) atoms. The van der Waals surface area contributed by atoms with Crippen molar-refractivity contribution >= 4 is 0 Å². The molecule has 0 aromatic carbocycles. The summed E-state index contributed by atoms with van der Waals surface area (Å²) in [6.07, 6.45) is 0.980. The lowest BCUT2D eigenvalue weighted by atomic mass is 10.4. The predicted octanol–water partition coefficient (Wildman–Crippen LogP) is 0.496. The summed E-state index contributed by atoms with van der Waals surface area (Å²) in [7, 11) is 0. The minimum atomic E-state index is -0.648. The van der Waals surface area contributed by atoms with Gasteiger partial charge in [0.2, 0.25) is 0 Å². The van der Waals surface area contributed by atoms with Gasteiger partial charge in [-0.1, -0.05) is 6.92 Å². The number of fused-ring (bicyclic) bond motifs is 2. The van der Waals surface area contributed by atoms with Crippen LogP contribution in [0.4, 0.5) is 0 Å². The maximum absolute atomic E-state index is 5.36. The zero-order valence-electron chi connectivity index (χ0n) is 5.42. The molecule has 2 saturated heterocycles. The van der Waals surface area contributed by atoms with Gasteiger partial charge in [-0.3, -0.25) is 0 Å². The van der Waals surface area contributed by atoms with Crippen molar-refractivity contribution in [1.82, 2.24) is 0 Å². The molecular weight excluding hydrogens is 120 g/mol. The summed E-state index contributed by atoms with van der Waals surface area (Å²) in [4.78, 5) is 0. The van der Waals surface area contributed by atoms with Crippen molar-refractivity contribution in [2.45, 2.75) is 25.4 Å². The van der Waals surface area contributed by atoms with Gasteiger partial charge in [-0.15, -0.1) is 0 Å². The summed E-state index contributed by atoms with van der Waals surface area (Å²) in [5.41, 5.74) is 0. The van der Waals surface area contributed by atoms with Crippen molar-refractivity contribution in [3.63, 3.8) is 0 Å². The first-order chi connectivity index (χ1) is 4.35. The van der Waals surface area contributed by atoms with Crippen molar-refractivity contribution in [1.29, 1.82) is 0 Å². The summed E-state index contributed by atoms with van der Waals surface area (Å²) in [5.74, 6) is -0.648. The molecule has 0 aromatic heterocycles. The SMILES string of the molecule is CCC12OCC(CO1)O2. The molecule has 0 aliphatic carbocycles. The zero-order valence-corrected chi connectivity index (χ0v) is 5.42. The van der Waals surface area contributed by atoms with Crippen molar-refractivity contribution in [3.8, 4) is 0 Å². The van der Waals surface area contributed by atoms with E-state index in [1.807, 2.05) is 6.92 Å². The largest absolute Gasteiger partial charge is 0.325 e. The van der Waals surface area contributed by atoms with Crippen LogP contribution in [0.2, 0.25) is 0 Å². The molecule has 52 valence electrons. The maximum Gasteiger partial charge on any atom is 0.283 e. The maximum atomic E-state index is 5.36. The first kappa shape index (κ1) is 5.65. The Morgan fingerprint density at radius 3 is 2.33 bits per heavy atom. The fourth-order valence-electron chi connectivity index (χ4n) is 1.21. The number of rotatable bonds is 1. The Balaban J connectivity index is 2.13. The van der Waals surface area contributed by atoms with Crippen LogP contribution in [-0.2, 0) is 14.2 Å². The van der Waals surface area contributed by atoms with Crippen LogP contribution in [0.3, 0.4) is 0 Å². The summed E-state index contributed by atoms with van der Waals surface area (Å²) in [6, 6.07) is 0. The van der Waals surface area contributed by atoms with Gasteiger partial charge >= 0.3 is 0 Å². The van der Waals surface area contributed by atoms with Crippen molar-refractivity contribution in [2.75, 3.05) is 13.2 Å². The molecule has 2 heterocycles. The third-order valence-corrected chi connectivity index (χ3v) is 1.76. The molecule has 3 nitrogen and oxygen atoms in total. The third-order valence-electron chi connectivity index (χ3n) is 1.76. The van der Waals surface area contributed by atoms with Gasteiger partial charge in [0.05, 0.1) is 13.2 Å². The van der Waals surface area contributed by atoms with E-state index in [4.69, 9.17) is 14.2 Å². The van der Waals surface area contributed by atoms with Gasteiger partial charge in [0.25, 0.3) is 5.97 Å². The normalized spacial score (nSPS) is 48.3. The van der Waals surface area contributed by atoms with E-state index in [1.165, 1.54) is 0 Å². The highest BCUT2D eigenvalue weighted by Gasteiger charge is 2.47. The molecule has 0 atom stereocenters. The van der Waals surface area contributed by atoms with E-state index in [2.05, 4.69) is 0 Å². The minimum Gasteiger partial charge on any atom is -0.325 e. The standard InChI is InChI=1S/C6H10O3/c1-2-6-7-3-5(9-6)4-8-6/h5H,2-4H2,1H3. The quantitative estimate of drug-likeness (QED) is 0.517. The first-order valence-electron chi connectivity index (χ1n) is 3.30. The molecule has 0 radical (unpaired) electrons. The highest BCUT2D eigenvalue weighted by Crippen LogP contribution is 2.34. The molecule has 2 rings (SSSR count). The Hall–Kier alpha value is -0.120. The monoisotopic (exact) mass is 130 g/mol. The summed E-state index contributed by atoms with van der Waals surface area (Å²) in [6.45, 7) is 3.40. The highest BCUT2D eigenvalue weighted by molar-refractivity contribution is 4.76. The summed E-state index contributed by atoms with van der Waals surface area (Å²) >= 11 is 0. The highest BCUT2D eigenvalue weighted by atomic mass is 16.9. The van der Waals surface area contributed by atoms with E-state index in [1.54, 1.807) is 0 Å². The Kier molecular flexibility index (Phi) is 1.06. The Morgan fingerprint density at radius 1 is 1.44 bits per heavy atom.